The zero-order chi connectivity index (χ0) is 11.5. The fourth-order valence-electron chi connectivity index (χ4n) is 1.36. The molecule has 0 unspecified atom stereocenters. The number of nitrogens with zero attached hydrogens (tertiary/aromatic N) is 2. The first-order valence-electron chi connectivity index (χ1n) is 4.50. The SMILES string of the molecule is [C-]#[N+]c1ccc(-c2cc(Cl)nc(Cl)c2)cc1. The second-order valence-corrected chi connectivity index (χ2v) is 3.93. The van der Waals surface area contributed by atoms with E-state index in [1.54, 1.807) is 24.3 Å². The minimum Gasteiger partial charge on any atom is -0.238 e. The van der Waals surface area contributed by atoms with Crippen molar-refractivity contribution < 1.29 is 0 Å². The van der Waals surface area contributed by atoms with Gasteiger partial charge in [0.25, 0.3) is 0 Å². The Morgan fingerprint density at radius 1 is 0.938 bits per heavy atom. The maximum Gasteiger partial charge on any atom is 0.187 e. The first-order chi connectivity index (χ1) is 7.69. The molecule has 0 atom stereocenters. The average Bonchev–Trinajstić information content (AvgIpc) is 2.28. The van der Waals surface area contributed by atoms with Crippen LogP contribution in [-0.2, 0) is 0 Å². The fraction of sp³-hybridized carbons (Fsp3) is 0. The van der Waals surface area contributed by atoms with E-state index in [4.69, 9.17) is 29.8 Å². The van der Waals surface area contributed by atoms with Crippen molar-refractivity contribution in [2.24, 2.45) is 0 Å². The lowest BCUT2D eigenvalue weighted by atomic mass is 10.1. The molecule has 1 aromatic carbocycles. The highest BCUT2D eigenvalue weighted by molar-refractivity contribution is 6.32. The van der Waals surface area contributed by atoms with Crippen LogP contribution in [0.15, 0.2) is 36.4 Å². The number of hydrogen-bond acceptors (Lipinski definition) is 1. The molecule has 0 saturated heterocycles. The summed E-state index contributed by atoms with van der Waals surface area (Å²) >= 11 is 11.6. The van der Waals surface area contributed by atoms with E-state index in [2.05, 4.69) is 9.83 Å². The Balaban J connectivity index is 2.47. The standard InChI is InChI=1S/C12H6Cl2N2/c1-15-10-4-2-8(3-5-10)9-6-11(13)16-12(14)7-9/h2-7H. The van der Waals surface area contributed by atoms with Crippen molar-refractivity contribution in [2.45, 2.75) is 0 Å². The summed E-state index contributed by atoms with van der Waals surface area (Å²) in [5.41, 5.74) is 2.45. The van der Waals surface area contributed by atoms with Crippen molar-refractivity contribution in [1.82, 2.24) is 4.98 Å². The highest BCUT2D eigenvalue weighted by Crippen LogP contribution is 2.26. The van der Waals surface area contributed by atoms with Crippen LogP contribution >= 0.6 is 23.2 Å². The van der Waals surface area contributed by atoms with Crippen LogP contribution in [0.1, 0.15) is 0 Å². The molecule has 0 radical (unpaired) electrons. The predicted octanol–water partition coefficient (Wildman–Crippen LogP) is 4.61. The summed E-state index contributed by atoms with van der Waals surface area (Å²) in [4.78, 5) is 7.20. The molecule has 0 aliphatic heterocycles. The predicted molar refractivity (Wildman–Crippen MR) is 66.0 cm³/mol. The smallest absolute Gasteiger partial charge is 0.187 e. The van der Waals surface area contributed by atoms with Gasteiger partial charge in [-0.1, -0.05) is 47.5 Å². The minimum atomic E-state index is 0.358. The van der Waals surface area contributed by atoms with E-state index in [1.165, 1.54) is 0 Å². The second-order valence-electron chi connectivity index (χ2n) is 3.16. The number of halogens is 2. The zero-order valence-electron chi connectivity index (χ0n) is 8.11. The van der Waals surface area contributed by atoms with Gasteiger partial charge in [-0.2, -0.15) is 0 Å². The van der Waals surface area contributed by atoms with Crippen LogP contribution in [0.3, 0.4) is 0 Å². The van der Waals surface area contributed by atoms with E-state index in [9.17, 15) is 0 Å². The Morgan fingerprint density at radius 3 is 2.00 bits per heavy atom. The third kappa shape index (κ3) is 2.33. The van der Waals surface area contributed by atoms with E-state index in [0.717, 1.165) is 11.1 Å². The Morgan fingerprint density at radius 2 is 1.50 bits per heavy atom. The van der Waals surface area contributed by atoms with Crippen LogP contribution in [0.2, 0.25) is 10.3 Å². The van der Waals surface area contributed by atoms with Crippen LogP contribution in [0.4, 0.5) is 5.69 Å². The van der Waals surface area contributed by atoms with Gasteiger partial charge < -0.3 is 0 Å². The lowest BCUT2D eigenvalue weighted by molar-refractivity contribution is 1.33. The molecule has 0 N–H and O–H groups in total. The third-order valence-corrected chi connectivity index (χ3v) is 2.48. The molecule has 0 saturated carbocycles. The molecule has 2 rings (SSSR count). The molecule has 2 nitrogen and oxygen atoms in total. The summed E-state index contributed by atoms with van der Waals surface area (Å²) in [5, 5.41) is 0.716. The highest BCUT2D eigenvalue weighted by Gasteiger charge is 2.02. The summed E-state index contributed by atoms with van der Waals surface area (Å²) in [7, 11) is 0. The fourth-order valence-corrected chi connectivity index (χ4v) is 1.82. The minimum absolute atomic E-state index is 0.358. The molecule has 78 valence electrons. The van der Waals surface area contributed by atoms with Crippen LogP contribution in [0.25, 0.3) is 16.0 Å². The van der Waals surface area contributed by atoms with Gasteiger partial charge in [0.2, 0.25) is 0 Å². The highest BCUT2D eigenvalue weighted by atomic mass is 35.5. The quantitative estimate of drug-likeness (QED) is 0.533. The van der Waals surface area contributed by atoms with Gasteiger partial charge in [0, 0.05) is 0 Å². The van der Waals surface area contributed by atoms with Crippen molar-refractivity contribution >= 4 is 28.9 Å². The van der Waals surface area contributed by atoms with Crippen LogP contribution in [0, 0.1) is 6.57 Å². The molecule has 0 fully saturated rings. The van der Waals surface area contributed by atoms with Gasteiger partial charge in [-0.25, -0.2) is 9.83 Å². The van der Waals surface area contributed by atoms with Gasteiger partial charge in [0.15, 0.2) is 5.69 Å². The number of hydrogen-bond donors (Lipinski definition) is 0. The number of rotatable bonds is 1. The molecule has 0 spiro atoms. The van der Waals surface area contributed by atoms with Crippen LogP contribution in [-0.4, -0.2) is 4.98 Å². The molecular formula is C12H6Cl2N2. The molecule has 0 bridgehead atoms. The third-order valence-electron chi connectivity index (χ3n) is 2.09. The van der Waals surface area contributed by atoms with Gasteiger partial charge in [-0.05, 0) is 23.3 Å². The van der Waals surface area contributed by atoms with Gasteiger partial charge in [-0.15, -0.1) is 0 Å². The topological polar surface area (TPSA) is 17.2 Å². The first kappa shape index (κ1) is 10.9. The summed E-state index contributed by atoms with van der Waals surface area (Å²) in [6.07, 6.45) is 0. The normalized spacial score (nSPS) is 9.81. The number of pyridine rings is 1. The van der Waals surface area contributed by atoms with Crippen LogP contribution in [0.5, 0.6) is 0 Å². The molecule has 1 aromatic heterocycles. The Labute approximate surface area is 103 Å². The first-order valence-corrected chi connectivity index (χ1v) is 5.25. The monoisotopic (exact) mass is 248 g/mol. The second kappa shape index (κ2) is 4.52. The molecule has 0 aliphatic rings. The molecule has 1 heterocycles. The van der Waals surface area contributed by atoms with Gasteiger partial charge in [0.1, 0.15) is 10.3 Å². The Kier molecular flexibility index (Phi) is 3.09. The molecular weight excluding hydrogens is 243 g/mol. The van der Waals surface area contributed by atoms with Crippen molar-refractivity contribution in [3.8, 4) is 11.1 Å². The molecule has 0 amide bonds. The van der Waals surface area contributed by atoms with E-state index in [0.29, 0.717) is 16.0 Å². The Bertz CT molecular complexity index is 536. The average molecular weight is 249 g/mol. The molecule has 2 aromatic rings. The molecule has 4 heteroatoms. The zero-order valence-corrected chi connectivity index (χ0v) is 9.63. The Hall–Kier alpha value is -1.56. The summed E-state index contributed by atoms with van der Waals surface area (Å²) in [5.74, 6) is 0. The van der Waals surface area contributed by atoms with Crippen molar-refractivity contribution in [2.75, 3.05) is 0 Å². The van der Waals surface area contributed by atoms with Crippen molar-refractivity contribution in [3.63, 3.8) is 0 Å². The molecule has 16 heavy (non-hydrogen) atoms. The maximum atomic E-state index is 6.86. The van der Waals surface area contributed by atoms with Crippen molar-refractivity contribution in [3.05, 3.63) is 58.1 Å². The van der Waals surface area contributed by atoms with E-state index >= 15 is 0 Å². The molecule has 0 aliphatic carbocycles. The summed E-state index contributed by atoms with van der Waals surface area (Å²) in [6.45, 7) is 6.86. The van der Waals surface area contributed by atoms with Gasteiger partial charge >= 0.3 is 0 Å². The number of benzene rings is 1. The lowest BCUT2D eigenvalue weighted by Gasteiger charge is -2.02. The van der Waals surface area contributed by atoms with E-state index in [-0.39, 0.29) is 0 Å². The van der Waals surface area contributed by atoms with Gasteiger partial charge in [0.05, 0.1) is 6.57 Å². The number of aromatic nitrogens is 1. The van der Waals surface area contributed by atoms with Crippen molar-refractivity contribution in [1.29, 1.82) is 0 Å². The lowest BCUT2D eigenvalue weighted by Crippen LogP contribution is -1.81. The van der Waals surface area contributed by atoms with Gasteiger partial charge in [-0.3, -0.25) is 0 Å². The van der Waals surface area contributed by atoms with E-state index < -0.39 is 0 Å². The maximum absolute atomic E-state index is 6.86. The largest absolute Gasteiger partial charge is 0.238 e. The van der Waals surface area contributed by atoms with E-state index in [1.807, 2.05) is 12.1 Å². The summed E-state index contributed by atoms with van der Waals surface area (Å²) in [6, 6.07) is 10.7. The van der Waals surface area contributed by atoms with Crippen LogP contribution < -0.4 is 0 Å². The summed E-state index contributed by atoms with van der Waals surface area (Å²) < 4.78 is 0.